The normalized spacial score (nSPS) is 11.5. The van der Waals surface area contributed by atoms with Crippen LogP contribution in [0.4, 0.5) is 17.6 Å². The topological polar surface area (TPSA) is 125 Å². The van der Waals surface area contributed by atoms with Gasteiger partial charge in [0, 0.05) is 5.56 Å². The first-order chi connectivity index (χ1) is 17.9. The molecule has 182 valence electrons. The molecule has 1 unspecified atom stereocenters. The summed E-state index contributed by atoms with van der Waals surface area (Å²) in [6.45, 7) is 1.86. The molecule has 0 amide bonds. The number of para-hydroxylation sites is 1. The second kappa shape index (κ2) is 10.0. The molecule has 0 bridgehead atoms. The number of rotatable bonds is 4. The van der Waals surface area contributed by atoms with Gasteiger partial charge in [-0.15, -0.1) is 0 Å². The van der Waals surface area contributed by atoms with E-state index >= 15 is 0 Å². The van der Waals surface area contributed by atoms with Gasteiger partial charge in [0.25, 0.3) is 5.56 Å². The molecule has 3 aromatic carbocycles. The Bertz CT molecular complexity index is 1730. The van der Waals surface area contributed by atoms with Gasteiger partial charge in [-0.3, -0.25) is 9.36 Å². The molecular formula is C28H22ClN7O. The van der Waals surface area contributed by atoms with Crippen molar-refractivity contribution >= 4 is 40.1 Å². The number of hydrogen-bond acceptors (Lipinski definition) is 7. The van der Waals surface area contributed by atoms with Gasteiger partial charge in [0.05, 0.1) is 27.7 Å². The van der Waals surface area contributed by atoms with Crippen molar-refractivity contribution < 1.29 is 0 Å². The van der Waals surface area contributed by atoms with Crippen LogP contribution in [0, 0.1) is 11.8 Å². The van der Waals surface area contributed by atoms with Crippen LogP contribution in [-0.2, 0) is 0 Å². The number of benzene rings is 3. The second-order valence-corrected chi connectivity index (χ2v) is 8.66. The quantitative estimate of drug-likeness (QED) is 0.304. The lowest BCUT2D eigenvalue weighted by molar-refractivity contribution is 0.731. The first kappa shape index (κ1) is 23.9. The van der Waals surface area contributed by atoms with Crippen LogP contribution in [0.3, 0.4) is 0 Å². The summed E-state index contributed by atoms with van der Waals surface area (Å²) >= 11 is 6.40. The molecule has 9 heteroatoms. The third-order valence-electron chi connectivity index (χ3n) is 5.69. The van der Waals surface area contributed by atoms with E-state index in [1.165, 1.54) is 4.57 Å². The van der Waals surface area contributed by atoms with Crippen molar-refractivity contribution in [1.82, 2.24) is 19.5 Å². The van der Waals surface area contributed by atoms with Gasteiger partial charge in [-0.2, -0.15) is 9.97 Å². The van der Waals surface area contributed by atoms with Crippen molar-refractivity contribution in [2.45, 2.75) is 13.0 Å². The summed E-state index contributed by atoms with van der Waals surface area (Å²) in [5.41, 5.74) is 14.1. The van der Waals surface area contributed by atoms with Crippen LogP contribution in [0.25, 0.3) is 16.6 Å². The van der Waals surface area contributed by atoms with E-state index < -0.39 is 6.04 Å². The molecule has 5 rings (SSSR count). The summed E-state index contributed by atoms with van der Waals surface area (Å²) in [7, 11) is 0. The van der Waals surface area contributed by atoms with E-state index in [4.69, 9.17) is 28.1 Å². The Kier molecular flexibility index (Phi) is 6.45. The smallest absolute Gasteiger partial charge is 0.267 e. The zero-order valence-electron chi connectivity index (χ0n) is 19.8. The van der Waals surface area contributed by atoms with E-state index in [1.807, 2.05) is 67.6 Å². The fourth-order valence-corrected chi connectivity index (χ4v) is 4.22. The molecule has 1 atom stereocenters. The van der Waals surface area contributed by atoms with E-state index in [-0.39, 0.29) is 17.3 Å². The summed E-state index contributed by atoms with van der Waals surface area (Å²) in [5, 5.41) is 3.97. The molecule has 0 aliphatic rings. The van der Waals surface area contributed by atoms with Crippen molar-refractivity contribution in [1.29, 1.82) is 0 Å². The van der Waals surface area contributed by atoms with Crippen LogP contribution in [0.5, 0.6) is 0 Å². The third-order valence-corrected chi connectivity index (χ3v) is 6.00. The largest absolute Gasteiger partial charge is 0.382 e. The van der Waals surface area contributed by atoms with Crippen LogP contribution >= 0.6 is 11.6 Å². The molecule has 5 N–H and O–H groups in total. The van der Waals surface area contributed by atoms with Crippen LogP contribution in [0.15, 0.2) is 83.7 Å². The highest BCUT2D eigenvalue weighted by Gasteiger charge is 2.21. The van der Waals surface area contributed by atoms with Gasteiger partial charge in [-0.25, -0.2) is 4.98 Å². The molecule has 0 radical (unpaired) electrons. The molecule has 5 aromatic rings. The summed E-state index contributed by atoms with van der Waals surface area (Å²) in [6, 6.07) is 23.4. The number of aromatic nitrogens is 4. The summed E-state index contributed by atoms with van der Waals surface area (Å²) in [5.74, 6) is 7.05. The lowest BCUT2D eigenvalue weighted by Gasteiger charge is -2.21. The van der Waals surface area contributed by atoms with Crippen molar-refractivity contribution in [3.8, 4) is 17.5 Å². The maximum atomic E-state index is 13.7. The standard InChI is InChI=1S/C28H22ClN7O/c1-17(32-25-20(24(30)34-28(31)35-25)16-15-18-9-4-2-5-10-18)26-33-22-14-8-13-21(29)23(22)27(37)36(26)19-11-6-3-7-12-19/h2-14,17H,1H3,(H5,30,31,32,34,35). The highest BCUT2D eigenvalue weighted by molar-refractivity contribution is 6.35. The molecule has 8 nitrogen and oxygen atoms in total. The molecule has 0 fully saturated rings. The average molecular weight is 508 g/mol. The van der Waals surface area contributed by atoms with Crippen LogP contribution < -0.4 is 22.3 Å². The molecule has 2 heterocycles. The lowest BCUT2D eigenvalue weighted by atomic mass is 10.1. The predicted octanol–water partition coefficient (Wildman–Crippen LogP) is 4.57. The molecule has 0 saturated heterocycles. The van der Waals surface area contributed by atoms with Crippen molar-refractivity contribution in [2.75, 3.05) is 16.8 Å². The van der Waals surface area contributed by atoms with Crippen molar-refractivity contribution in [2.24, 2.45) is 0 Å². The molecular weight excluding hydrogens is 486 g/mol. The first-order valence-electron chi connectivity index (χ1n) is 11.5. The second-order valence-electron chi connectivity index (χ2n) is 8.25. The van der Waals surface area contributed by atoms with Gasteiger partial charge < -0.3 is 16.8 Å². The third kappa shape index (κ3) is 4.81. The molecule has 0 saturated carbocycles. The molecule has 0 aliphatic carbocycles. The molecule has 0 aliphatic heterocycles. The Morgan fingerprint density at radius 3 is 2.32 bits per heavy atom. The first-order valence-corrected chi connectivity index (χ1v) is 11.8. The Morgan fingerprint density at radius 2 is 1.59 bits per heavy atom. The molecule has 0 spiro atoms. The minimum atomic E-state index is -0.512. The minimum absolute atomic E-state index is 0.00355. The van der Waals surface area contributed by atoms with Gasteiger partial charge >= 0.3 is 0 Å². The SMILES string of the molecule is CC(Nc1nc(N)nc(N)c1C#Cc1ccccc1)c1nc2cccc(Cl)c2c(=O)n1-c1ccccc1. The highest BCUT2D eigenvalue weighted by Crippen LogP contribution is 2.27. The number of anilines is 3. The summed E-state index contributed by atoms with van der Waals surface area (Å²) in [6.07, 6.45) is 0. The van der Waals surface area contributed by atoms with Gasteiger partial charge in [0.2, 0.25) is 5.95 Å². The van der Waals surface area contributed by atoms with Gasteiger partial charge in [-0.05, 0) is 43.3 Å². The Balaban J connectivity index is 1.64. The number of nitrogens with one attached hydrogen (secondary N) is 1. The highest BCUT2D eigenvalue weighted by atomic mass is 35.5. The van der Waals surface area contributed by atoms with E-state index in [2.05, 4.69) is 27.1 Å². The number of nitrogens with zero attached hydrogens (tertiary/aromatic N) is 4. The van der Waals surface area contributed by atoms with Gasteiger partial charge in [0.15, 0.2) is 0 Å². The zero-order valence-corrected chi connectivity index (χ0v) is 20.6. The number of fused-ring (bicyclic) bond motifs is 1. The van der Waals surface area contributed by atoms with Crippen LogP contribution in [0.1, 0.15) is 29.9 Å². The maximum Gasteiger partial charge on any atom is 0.267 e. The van der Waals surface area contributed by atoms with E-state index in [0.29, 0.717) is 38.8 Å². The molecule has 2 aromatic heterocycles. The Morgan fingerprint density at radius 1 is 0.892 bits per heavy atom. The van der Waals surface area contributed by atoms with Crippen molar-refractivity contribution in [3.05, 3.63) is 111 Å². The number of nitrogen functional groups attached to an aromatic ring is 2. The van der Waals surface area contributed by atoms with Gasteiger partial charge in [-0.1, -0.05) is 65.9 Å². The monoisotopic (exact) mass is 507 g/mol. The maximum absolute atomic E-state index is 13.7. The van der Waals surface area contributed by atoms with E-state index in [9.17, 15) is 4.79 Å². The predicted molar refractivity (Wildman–Crippen MR) is 148 cm³/mol. The Labute approximate surface area is 218 Å². The fourth-order valence-electron chi connectivity index (χ4n) is 3.97. The van der Waals surface area contributed by atoms with Crippen molar-refractivity contribution in [3.63, 3.8) is 0 Å². The minimum Gasteiger partial charge on any atom is -0.382 e. The van der Waals surface area contributed by atoms with Crippen LogP contribution in [-0.4, -0.2) is 19.5 Å². The summed E-state index contributed by atoms with van der Waals surface area (Å²) in [4.78, 5) is 26.9. The number of nitrogens with two attached hydrogens (primary N) is 2. The van der Waals surface area contributed by atoms with Crippen LogP contribution in [0.2, 0.25) is 5.02 Å². The average Bonchev–Trinajstić information content (AvgIpc) is 2.89. The Hall–Kier alpha value is -4.87. The fraction of sp³-hybridized carbons (Fsp3) is 0.0714. The van der Waals surface area contributed by atoms with Gasteiger partial charge in [0.1, 0.15) is 23.0 Å². The zero-order chi connectivity index (χ0) is 25.9. The van der Waals surface area contributed by atoms with E-state index in [0.717, 1.165) is 5.56 Å². The number of halogens is 1. The molecule has 37 heavy (non-hydrogen) atoms. The van der Waals surface area contributed by atoms with E-state index in [1.54, 1.807) is 18.2 Å². The number of hydrogen-bond donors (Lipinski definition) is 3. The summed E-state index contributed by atoms with van der Waals surface area (Å²) < 4.78 is 1.54. The lowest BCUT2D eigenvalue weighted by Crippen LogP contribution is -2.28.